The number of fused-ring (bicyclic) bond motifs is 2. The van der Waals surface area contributed by atoms with Crippen LogP contribution in [0.15, 0.2) is 49.3 Å². The number of ether oxygens (including phenoxy) is 2. The number of primary amides is 1. The second-order valence-corrected chi connectivity index (χ2v) is 7.03. The van der Waals surface area contributed by atoms with Crippen LogP contribution in [0, 0.1) is 6.33 Å². The van der Waals surface area contributed by atoms with E-state index in [4.69, 9.17) is 15.2 Å². The number of nitrogens with zero attached hydrogens (tertiary/aromatic N) is 5. The Kier molecular flexibility index (Phi) is 14.5. The van der Waals surface area contributed by atoms with Crippen LogP contribution in [-0.4, -0.2) is 37.2 Å². The summed E-state index contributed by atoms with van der Waals surface area (Å²) >= 11 is 0. The van der Waals surface area contributed by atoms with Crippen molar-refractivity contribution >= 4 is 33.5 Å². The molecule has 1 atom stereocenters. The van der Waals surface area contributed by atoms with E-state index < -0.39 is 5.91 Å². The van der Waals surface area contributed by atoms with Crippen molar-refractivity contribution in [2.24, 2.45) is 5.73 Å². The molecule has 4 heterocycles. The Morgan fingerprint density at radius 2 is 1.92 bits per heavy atom. The number of carbonyl (C=O) groups is 1. The molecule has 37 heavy (non-hydrogen) atoms. The maximum atomic E-state index is 9.47. The standard InChI is InChI=1S/C19H17N6O2.C3H5NO.2C2H6.Y/c20-18-12-7-8-21-19(17(12)22-11-23-18)27-15-5-3-4-14-13(15)10-24-25(14)16-6-1-2-9-26-16;1-2-3(4)5;2*1-2;/h3-5,7-8,10,16H,1-2,6,9H2,(H2,20,22,23);2H,1H2,(H2,4,5);2*1-2H3;/q-1;;;;. The Balaban J connectivity index is 0.000000607. The number of hydrogen-bond acceptors (Lipinski definition) is 8. The number of nitrogen functional groups attached to an aromatic ring is 1. The van der Waals surface area contributed by atoms with Gasteiger partial charge in [-0.1, -0.05) is 51.8 Å². The third kappa shape index (κ3) is 8.28. The van der Waals surface area contributed by atoms with Crippen molar-refractivity contribution in [3.63, 3.8) is 0 Å². The van der Waals surface area contributed by atoms with E-state index in [1.807, 2.05) is 50.6 Å². The molecule has 1 unspecified atom stereocenters. The predicted molar refractivity (Wildman–Crippen MR) is 141 cm³/mol. The van der Waals surface area contributed by atoms with Gasteiger partial charge in [-0.05, 0) is 37.5 Å². The van der Waals surface area contributed by atoms with Crippen molar-refractivity contribution in [1.29, 1.82) is 0 Å². The molecule has 1 aromatic carbocycles. The predicted octanol–water partition coefficient (Wildman–Crippen LogP) is 4.96. The van der Waals surface area contributed by atoms with Gasteiger partial charge in [-0.3, -0.25) is 4.79 Å². The molecule has 10 nitrogen and oxygen atoms in total. The van der Waals surface area contributed by atoms with Crippen LogP contribution in [0.25, 0.3) is 21.8 Å². The summed E-state index contributed by atoms with van der Waals surface area (Å²) in [4.78, 5) is 21.8. The molecule has 0 aliphatic carbocycles. The molecule has 0 bridgehead atoms. The van der Waals surface area contributed by atoms with Gasteiger partial charge in [0.15, 0.2) is 12.1 Å². The number of nitrogens with two attached hydrogens (primary N) is 2. The number of carbonyl (C=O) groups excluding carboxylic acids is 1. The second-order valence-electron chi connectivity index (χ2n) is 7.03. The van der Waals surface area contributed by atoms with Crippen molar-refractivity contribution in [2.45, 2.75) is 53.2 Å². The summed E-state index contributed by atoms with van der Waals surface area (Å²) in [5, 5.41) is 6.10. The fourth-order valence-electron chi connectivity index (χ4n) is 3.40. The average molecular weight is 582 g/mol. The van der Waals surface area contributed by atoms with Crippen molar-refractivity contribution in [2.75, 3.05) is 12.3 Å². The van der Waals surface area contributed by atoms with Crippen LogP contribution in [0.3, 0.4) is 0 Å². The summed E-state index contributed by atoms with van der Waals surface area (Å²) in [5.74, 6) is 0.858. The molecule has 1 aliphatic heterocycles. The van der Waals surface area contributed by atoms with Crippen LogP contribution in [-0.2, 0) is 42.2 Å². The monoisotopic (exact) mass is 581 g/mol. The minimum absolute atomic E-state index is 0. The number of pyridine rings is 1. The van der Waals surface area contributed by atoms with E-state index in [1.54, 1.807) is 18.5 Å². The molecule has 1 fully saturated rings. The van der Waals surface area contributed by atoms with Gasteiger partial charge in [0, 0.05) is 63.2 Å². The van der Waals surface area contributed by atoms with Gasteiger partial charge in [0.1, 0.15) is 5.75 Å². The first-order chi connectivity index (χ1) is 17.6. The molecule has 1 aliphatic rings. The third-order valence-corrected chi connectivity index (χ3v) is 4.94. The van der Waals surface area contributed by atoms with Gasteiger partial charge < -0.3 is 30.9 Å². The Labute approximate surface area is 242 Å². The van der Waals surface area contributed by atoms with Gasteiger partial charge in [0.25, 0.3) is 0 Å². The van der Waals surface area contributed by atoms with E-state index in [0.717, 1.165) is 42.8 Å². The van der Waals surface area contributed by atoms with E-state index in [-0.39, 0.29) is 38.9 Å². The van der Waals surface area contributed by atoms with E-state index in [2.05, 4.69) is 38.7 Å². The molecule has 11 heteroatoms. The van der Waals surface area contributed by atoms with E-state index >= 15 is 0 Å². The molecule has 1 amide bonds. The largest absolute Gasteiger partial charge is 0.448 e. The van der Waals surface area contributed by atoms with Gasteiger partial charge in [-0.25, -0.2) is 9.67 Å². The van der Waals surface area contributed by atoms with Gasteiger partial charge in [-0.2, -0.15) is 5.10 Å². The maximum absolute atomic E-state index is 9.47. The first kappa shape index (κ1) is 32.1. The summed E-state index contributed by atoms with van der Waals surface area (Å²) in [6.07, 6.45) is 10.2. The van der Waals surface area contributed by atoms with Gasteiger partial charge >= 0.3 is 0 Å². The van der Waals surface area contributed by atoms with Crippen molar-refractivity contribution < 1.29 is 47.0 Å². The number of benzene rings is 1. The molecular weight excluding hydrogens is 547 g/mol. The Bertz CT molecular complexity index is 1270. The quantitative estimate of drug-likeness (QED) is 0.254. The number of hydrogen-bond donors (Lipinski definition) is 2. The van der Waals surface area contributed by atoms with Crippen LogP contribution in [0.2, 0.25) is 0 Å². The average Bonchev–Trinajstić information content (AvgIpc) is 3.38. The molecule has 5 rings (SSSR count). The summed E-state index contributed by atoms with van der Waals surface area (Å²) < 4.78 is 13.9. The second kappa shape index (κ2) is 16.7. The number of rotatable bonds is 4. The Morgan fingerprint density at radius 1 is 1.19 bits per heavy atom. The normalized spacial score (nSPS) is 13.9. The molecule has 195 valence electrons. The third-order valence-electron chi connectivity index (χ3n) is 4.94. The van der Waals surface area contributed by atoms with E-state index in [1.165, 1.54) is 0 Å². The Morgan fingerprint density at radius 3 is 2.57 bits per heavy atom. The van der Waals surface area contributed by atoms with E-state index in [0.29, 0.717) is 28.4 Å². The number of amides is 1. The first-order valence-corrected chi connectivity index (χ1v) is 12.0. The van der Waals surface area contributed by atoms with Crippen molar-refractivity contribution in [3.8, 4) is 11.6 Å². The summed E-state index contributed by atoms with van der Waals surface area (Å²) in [6, 6.07) is 7.58. The summed E-state index contributed by atoms with van der Waals surface area (Å²) in [6.45, 7) is 11.8. The minimum Gasteiger partial charge on any atom is -0.448 e. The molecule has 4 aromatic rings. The molecule has 1 radical (unpaired) electrons. The fourth-order valence-corrected chi connectivity index (χ4v) is 3.40. The van der Waals surface area contributed by atoms with Crippen LogP contribution in [0.4, 0.5) is 5.82 Å². The fraction of sp³-hybridized carbons (Fsp3) is 0.346. The zero-order chi connectivity index (χ0) is 26.5. The van der Waals surface area contributed by atoms with Gasteiger partial charge in [0.05, 0.1) is 17.1 Å². The topological polar surface area (TPSA) is 144 Å². The van der Waals surface area contributed by atoms with Crippen molar-refractivity contribution in [3.05, 3.63) is 55.6 Å². The van der Waals surface area contributed by atoms with Crippen LogP contribution >= 0.6 is 0 Å². The molecule has 0 saturated carbocycles. The molecule has 3 aromatic heterocycles. The summed E-state index contributed by atoms with van der Waals surface area (Å²) in [5.41, 5.74) is 11.9. The van der Waals surface area contributed by atoms with Crippen molar-refractivity contribution in [1.82, 2.24) is 24.7 Å². The van der Waals surface area contributed by atoms with Crippen LogP contribution in [0.1, 0.15) is 53.2 Å². The minimum atomic E-state index is -0.481. The smallest absolute Gasteiger partial charge is 0.240 e. The number of anilines is 1. The molecule has 0 spiro atoms. The molecule has 4 N–H and O–H groups in total. The van der Waals surface area contributed by atoms with Crippen LogP contribution < -0.4 is 16.2 Å². The molecule has 1 saturated heterocycles. The zero-order valence-electron chi connectivity index (χ0n) is 21.8. The maximum Gasteiger partial charge on any atom is 0.240 e. The van der Waals surface area contributed by atoms with E-state index in [9.17, 15) is 4.79 Å². The number of aromatic nitrogens is 5. The molecular formula is C26H34N7O3Y-. The first-order valence-electron chi connectivity index (χ1n) is 12.0. The van der Waals surface area contributed by atoms with Gasteiger partial charge in [-0.15, -0.1) is 0 Å². The Hall–Kier alpha value is -2.95. The SMILES string of the molecule is C=CC(N)=O.CC.CC.Nc1n[c-]nc2c(Oc3cccc4c3cnn4C3CCCCO3)nccc12.[Y]. The van der Waals surface area contributed by atoms with Gasteiger partial charge in [0.2, 0.25) is 5.91 Å². The van der Waals surface area contributed by atoms with Crippen LogP contribution in [0.5, 0.6) is 11.6 Å². The zero-order valence-corrected chi connectivity index (χ0v) is 24.7. The summed E-state index contributed by atoms with van der Waals surface area (Å²) in [7, 11) is 0.